The molecule has 2 aliphatic rings. The molecule has 1 heterocycles. The van der Waals surface area contributed by atoms with Crippen molar-refractivity contribution in [2.24, 2.45) is 0 Å². The fourth-order valence-electron chi connectivity index (χ4n) is 4.68. The number of hydrogen-bond donors (Lipinski definition) is 1. The number of rotatable bonds is 8. The van der Waals surface area contributed by atoms with Crippen LogP contribution >= 0.6 is 11.6 Å². The molecule has 1 aliphatic heterocycles. The van der Waals surface area contributed by atoms with E-state index in [2.05, 4.69) is 36.5 Å². The van der Waals surface area contributed by atoms with E-state index in [4.69, 9.17) is 16.3 Å². The molecule has 0 bridgehead atoms. The summed E-state index contributed by atoms with van der Waals surface area (Å²) in [5, 5.41) is 4.57. The third kappa shape index (κ3) is 4.36. The molecule has 154 valence electrons. The van der Waals surface area contributed by atoms with E-state index in [1.807, 2.05) is 18.2 Å². The lowest BCUT2D eigenvalue weighted by Gasteiger charge is -2.35. The first-order valence-electron chi connectivity index (χ1n) is 11.0. The number of nitrogens with one attached hydrogen (secondary N) is 1. The molecule has 1 saturated carbocycles. The Morgan fingerprint density at radius 3 is 2.76 bits per heavy atom. The second kappa shape index (κ2) is 8.89. The molecule has 0 radical (unpaired) electrons. The summed E-state index contributed by atoms with van der Waals surface area (Å²) in [7, 11) is 0. The highest BCUT2D eigenvalue weighted by Gasteiger charge is 2.53. The van der Waals surface area contributed by atoms with Gasteiger partial charge in [0.2, 0.25) is 0 Å². The second-order valence-corrected chi connectivity index (χ2v) is 8.83. The smallest absolute Gasteiger partial charge is 0.311 e. The van der Waals surface area contributed by atoms with Crippen molar-refractivity contribution in [3.8, 4) is 5.75 Å². The normalized spacial score (nSPS) is 19.4. The number of carbonyl (C=O) groups is 1. The number of esters is 1. The van der Waals surface area contributed by atoms with Crippen molar-refractivity contribution in [2.45, 2.75) is 69.7 Å². The quantitative estimate of drug-likeness (QED) is 0.322. The highest BCUT2D eigenvalue weighted by atomic mass is 35.5. The number of carbonyl (C=O) groups excluding carboxylic acids is 1. The van der Waals surface area contributed by atoms with Crippen LogP contribution in [0.4, 0.5) is 0 Å². The Morgan fingerprint density at radius 1 is 1.17 bits per heavy atom. The van der Waals surface area contributed by atoms with Crippen LogP contribution in [0.25, 0.3) is 0 Å². The number of hydrogen-bond acceptors (Lipinski definition) is 3. The van der Waals surface area contributed by atoms with Crippen molar-refractivity contribution in [2.75, 3.05) is 6.54 Å². The number of fused-ring (bicyclic) bond motifs is 1. The maximum absolute atomic E-state index is 12.2. The topological polar surface area (TPSA) is 38.3 Å². The predicted molar refractivity (Wildman–Crippen MR) is 118 cm³/mol. The standard InChI is InChI=1S/C25H30ClNO2/c1-2-3-4-5-10-23(28)29-19-12-11-18-13-16-27-24(20(18)17-19)25(14-15-25)21-8-6-7-9-22(21)26/h6-9,11-12,17,24,27H,2-5,10,13-16H2,1H3. The van der Waals surface area contributed by atoms with Crippen LogP contribution in [0.2, 0.25) is 5.02 Å². The summed E-state index contributed by atoms with van der Waals surface area (Å²) in [5.74, 6) is 0.529. The average molecular weight is 412 g/mol. The van der Waals surface area contributed by atoms with E-state index < -0.39 is 0 Å². The van der Waals surface area contributed by atoms with E-state index in [0.717, 1.165) is 43.7 Å². The van der Waals surface area contributed by atoms with Crippen LogP contribution in [-0.2, 0) is 16.6 Å². The molecule has 1 atom stereocenters. The zero-order valence-corrected chi connectivity index (χ0v) is 17.9. The van der Waals surface area contributed by atoms with Gasteiger partial charge >= 0.3 is 5.97 Å². The minimum absolute atomic E-state index is 0.0380. The average Bonchev–Trinajstić information content (AvgIpc) is 3.53. The monoisotopic (exact) mass is 411 g/mol. The van der Waals surface area contributed by atoms with E-state index in [9.17, 15) is 4.79 Å². The van der Waals surface area contributed by atoms with Crippen LogP contribution in [-0.4, -0.2) is 12.5 Å². The van der Waals surface area contributed by atoms with Gasteiger partial charge < -0.3 is 10.1 Å². The SMILES string of the molecule is CCCCCCC(=O)Oc1ccc2c(c1)C(C1(c3ccccc3Cl)CC1)NCC2. The molecule has 0 amide bonds. The molecular weight excluding hydrogens is 382 g/mol. The van der Waals surface area contributed by atoms with Gasteiger partial charge in [-0.05, 0) is 67.1 Å². The van der Waals surface area contributed by atoms with Crippen molar-refractivity contribution >= 4 is 17.6 Å². The summed E-state index contributed by atoms with van der Waals surface area (Å²) in [6.45, 7) is 3.13. The highest BCUT2D eigenvalue weighted by molar-refractivity contribution is 6.31. The molecule has 1 unspecified atom stereocenters. The van der Waals surface area contributed by atoms with Crippen LogP contribution < -0.4 is 10.1 Å². The van der Waals surface area contributed by atoms with Gasteiger partial charge in [0, 0.05) is 22.9 Å². The first-order valence-corrected chi connectivity index (χ1v) is 11.3. The number of benzene rings is 2. The number of halogens is 1. The summed E-state index contributed by atoms with van der Waals surface area (Å²) < 4.78 is 5.68. The molecule has 0 spiro atoms. The summed E-state index contributed by atoms with van der Waals surface area (Å²) in [6.07, 6.45) is 8.05. The molecule has 29 heavy (non-hydrogen) atoms. The summed E-state index contributed by atoms with van der Waals surface area (Å²) in [4.78, 5) is 12.2. The molecule has 1 N–H and O–H groups in total. The van der Waals surface area contributed by atoms with Crippen molar-refractivity contribution in [1.82, 2.24) is 5.32 Å². The molecule has 0 saturated heterocycles. The van der Waals surface area contributed by atoms with E-state index in [1.165, 1.54) is 29.5 Å². The van der Waals surface area contributed by atoms with E-state index in [0.29, 0.717) is 12.2 Å². The minimum Gasteiger partial charge on any atom is -0.427 e. The van der Waals surface area contributed by atoms with Crippen molar-refractivity contribution in [1.29, 1.82) is 0 Å². The van der Waals surface area contributed by atoms with Gasteiger partial charge in [0.25, 0.3) is 0 Å². The van der Waals surface area contributed by atoms with E-state index >= 15 is 0 Å². The Bertz CT molecular complexity index is 875. The fraction of sp³-hybridized carbons (Fsp3) is 0.480. The zero-order valence-electron chi connectivity index (χ0n) is 17.2. The Labute approximate surface area is 178 Å². The molecule has 2 aromatic rings. The Kier molecular flexibility index (Phi) is 6.26. The van der Waals surface area contributed by atoms with Crippen molar-refractivity contribution in [3.63, 3.8) is 0 Å². The Morgan fingerprint density at radius 2 is 2.00 bits per heavy atom. The molecule has 1 aliphatic carbocycles. The Balaban J connectivity index is 1.54. The van der Waals surface area contributed by atoms with E-state index in [1.54, 1.807) is 0 Å². The molecule has 2 aromatic carbocycles. The van der Waals surface area contributed by atoms with Crippen molar-refractivity contribution in [3.05, 3.63) is 64.2 Å². The highest BCUT2D eigenvalue weighted by Crippen LogP contribution is 2.59. The molecule has 1 fully saturated rings. The number of ether oxygens (including phenoxy) is 1. The van der Waals surface area contributed by atoms with Gasteiger partial charge in [-0.25, -0.2) is 0 Å². The molecular formula is C25H30ClNO2. The van der Waals surface area contributed by atoms with Gasteiger partial charge in [-0.2, -0.15) is 0 Å². The van der Waals surface area contributed by atoms with Crippen LogP contribution in [0, 0.1) is 0 Å². The molecule has 3 nitrogen and oxygen atoms in total. The first kappa shape index (κ1) is 20.4. The lowest BCUT2D eigenvalue weighted by molar-refractivity contribution is -0.134. The van der Waals surface area contributed by atoms with Gasteiger partial charge in [-0.15, -0.1) is 0 Å². The lowest BCUT2D eigenvalue weighted by Crippen LogP contribution is -2.38. The molecule has 4 heteroatoms. The molecule has 4 rings (SSSR count). The van der Waals surface area contributed by atoms with Crippen LogP contribution in [0.5, 0.6) is 5.75 Å². The fourth-order valence-corrected chi connectivity index (χ4v) is 5.00. The van der Waals surface area contributed by atoms with Gasteiger partial charge in [-0.3, -0.25) is 4.79 Å². The lowest BCUT2D eigenvalue weighted by atomic mass is 9.80. The Hall–Kier alpha value is -1.84. The summed E-state index contributed by atoms with van der Waals surface area (Å²) >= 11 is 6.57. The summed E-state index contributed by atoms with van der Waals surface area (Å²) in [5.41, 5.74) is 3.86. The van der Waals surface area contributed by atoms with Crippen LogP contribution in [0.3, 0.4) is 0 Å². The van der Waals surface area contributed by atoms with E-state index in [-0.39, 0.29) is 17.4 Å². The first-order chi connectivity index (χ1) is 14.1. The number of unbranched alkanes of at least 4 members (excludes halogenated alkanes) is 3. The predicted octanol–water partition coefficient (Wildman–Crippen LogP) is 6.13. The second-order valence-electron chi connectivity index (χ2n) is 8.42. The van der Waals surface area contributed by atoms with Crippen LogP contribution in [0.15, 0.2) is 42.5 Å². The van der Waals surface area contributed by atoms with Gasteiger partial charge in [0.05, 0.1) is 0 Å². The third-order valence-electron chi connectivity index (χ3n) is 6.39. The van der Waals surface area contributed by atoms with Gasteiger partial charge in [-0.1, -0.05) is 62.1 Å². The zero-order chi connectivity index (χ0) is 20.3. The summed E-state index contributed by atoms with van der Waals surface area (Å²) in [6, 6.07) is 14.6. The van der Waals surface area contributed by atoms with Crippen LogP contribution in [0.1, 0.15) is 74.6 Å². The maximum Gasteiger partial charge on any atom is 0.311 e. The van der Waals surface area contributed by atoms with Gasteiger partial charge in [0.1, 0.15) is 5.75 Å². The third-order valence-corrected chi connectivity index (χ3v) is 6.72. The minimum atomic E-state index is -0.131. The van der Waals surface area contributed by atoms with Gasteiger partial charge in [0.15, 0.2) is 0 Å². The maximum atomic E-state index is 12.2. The molecule has 0 aromatic heterocycles. The van der Waals surface area contributed by atoms with Crippen molar-refractivity contribution < 1.29 is 9.53 Å². The largest absolute Gasteiger partial charge is 0.427 e.